The summed E-state index contributed by atoms with van der Waals surface area (Å²) in [4.78, 5) is 11.9. The second-order valence-corrected chi connectivity index (χ2v) is 8.82. The molecular formula is C15H16FN3O4S2. The SMILES string of the molecule is Cn1c(SCC(=O)O[C@H]2CCS(=O)(=O)C2)nnc1-c1ccccc1F. The molecule has 1 aromatic heterocycles. The van der Waals surface area contributed by atoms with Gasteiger partial charge in [-0.1, -0.05) is 23.9 Å². The molecule has 2 heterocycles. The van der Waals surface area contributed by atoms with Crippen LogP contribution >= 0.6 is 11.8 Å². The molecule has 3 rings (SSSR count). The van der Waals surface area contributed by atoms with Crippen LogP contribution in [0.15, 0.2) is 29.4 Å². The molecule has 1 aliphatic rings. The van der Waals surface area contributed by atoms with Gasteiger partial charge in [-0.05, 0) is 18.6 Å². The Morgan fingerprint density at radius 2 is 2.16 bits per heavy atom. The molecule has 1 fully saturated rings. The largest absolute Gasteiger partial charge is 0.461 e. The zero-order chi connectivity index (χ0) is 18.0. The van der Waals surface area contributed by atoms with Crippen molar-refractivity contribution >= 4 is 27.6 Å². The molecule has 10 heteroatoms. The van der Waals surface area contributed by atoms with Crippen molar-refractivity contribution in [2.75, 3.05) is 17.3 Å². The number of esters is 1. The number of sulfone groups is 1. The Morgan fingerprint density at radius 3 is 2.84 bits per heavy atom. The number of thioether (sulfide) groups is 1. The van der Waals surface area contributed by atoms with Crippen LogP contribution in [0, 0.1) is 5.82 Å². The number of halogens is 1. The Bertz CT molecular complexity index is 898. The predicted octanol–water partition coefficient (Wildman–Crippen LogP) is 1.44. The van der Waals surface area contributed by atoms with Crippen LogP contribution in [-0.4, -0.2) is 52.5 Å². The van der Waals surface area contributed by atoms with Gasteiger partial charge in [-0.25, -0.2) is 12.8 Å². The summed E-state index contributed by atoms with van der Waals surface area (Å²) in [5, 5.41) is 8.37. The summed E-state index contributed by atoms with van der Waals surface area (Å²) in [7, 11) is -1.41. The molecule has 134 valence electrons. The van der Waals surface area contributed by atoms with E-state index in [1.165, 1.54) is 6.07 Å². The van der Waals surface area contributed by atoms with Crippen molar-refractivity contribution in [3.63, 3.8) is 0 Å². The highest BCUT2D eigenvalue weighted by molar-refractivity contribution is 7.99. The van der Waals surface area contributed by atoms with Gasteiger partial charge in [0.2, 0.25) is 0 Å². The van der Waals surface area contributed by atoms with Gasteiger partial charge in [0, 0.05) is 7.05 Å². The van der Waals surface area contributed by atoms with Gasteiger partial charge >= 0.3 is 5.97 Å². The minimum atomic E-state index is -3.09. The molecule has 7 nitrogen and oxygen atoms in total. The minimum absolute atomic E-state index is 0.0280. The number of hydrogen-bond donors (Lipinski definition) is 0. The monoisotopic (exact) mass is 385 g/mol. The van der Waals surface area contributed by atoms with Gasteiger partial charge in [0.25, 0.3) is 0 Å². The number of hydrogen-bond acceptors (Lipinski definition) is 7. The molecule has 1 atom stereocenters. The van der Waals surface area contributed by atoms with Crippen LogP contribution in [0.2, 0.25) is 0 Å². The van der Waals surface area contributed by atoms with Gasteiger partial charge in [-0.2, -0.15) is 0 Å². The Labute approximate surface area is 148 Å². The smallest absolute Gasteiger partial charge is 0.316 e. The fraction of sp³-hybridized carbons (Fsp3) is 0.400. The van der Waals surface area contributed by atoms with Crippen molar-refractivity contribution < 1.29 is 22.3 Å². The third kappa shape index (κ3) is 4.18. The van der Waals surface area contributed by atoms with Crippen molar-refractivity contribution in [1.82, 2.24) is 14.8 Å². The fourth-order valence-electron chi connectivity index (χ4n) is 2.51. The van der Waals surface area contributed by atoms with Crippen LogP contribution in [0.3, 0.4) is 0 Å². The van der Waals surface area contributed by atoms with Crippen LogP contribution in [0.5, 0.6) is 0 Å². The maximum atomic E-state index is 13.9. The Morgan fingerprint density at radius 1 is 1.40 bits per heavy atom. The Hall–Kier alpha value is -1.94. The third-order valence-corrected chi connectivity index (χ3v) is 6.49. The van der Waals surface area contributed by atoms with Gasteiger partial charge in [-0.15, -0.1) is 10.2 Å². The molecule has 0 spiro atoms. The molecule has 0 radical (unpaired) electrons. The topological polar surface area (TPSA) is 91.2 Å². The van der Waals surface area contributed by atoms with E-state index in [1.54, 1.807) is 29.8 Å². The zero-order valence-corrected chi connectivity index (χ0v) is 15.0. The number of rotatable bonds is 5. The first-order chi connectivity index (χ1) is 11.9. The number of carbonyl (C=O) groups excluding carboxylic acids is 1. The lowest BCUT2D eigenvalue weighted by molar-refractivity contribution is -0.144. The average molecular weight is 385 g/mol. The van der Waals surface area contributed by atoms with Gasteiger partial charge in [-0.3, -0.25) is 4.79 Å². The molecule has 0 saturated carbocycles. The fourth-order valence-corrected chi connectivity index (χ4v) is 4.80. The number of carbonyl (C=O) groups is 1. The third-order valence-electron chi connectivity index (χ3n) is 3.76. The lowest BCUT2D eigenvalue weighted by atomic mass is 10.2. The Kier molecular flexibility index (Phi) is 5.09. The van der Waals surface area contributed by atoms with E-state index in [0.717, 1.165) is 11.8 Å². The van der Waals surface area contributed by atoms with Gasteiger partial charge < -0.3 is 9.30 Å². The normalized spacial score (nSPS) is 19.0. The molecule has 1 aliphatic heterocycles. The second kappa shape index (κ2) is 7.12. The molecule has 1 saturated heterocycles. The molecule has 2 aromatic rings. The molecule has 25 heavy (non-hydrogen) atoms. The lowest BCUT2D eigenvalue weighted by Gasteiger charge is -2.09. The van der Waals surface area contributed by atoms with E-state index in [0.29, 0.717) is 23.0 Å². The average Bonchev–Trinajstić information content (AvgIpc) is 3.08. The number of benzene rings is 1. The summed E-state index contributed by atoms with van der Waals surface area (Å²) >= 11 is 1.10. The highest BCUT2D eigenvalue weighted by atomic mass is 32.2. The van der Waals surface area contributed by atoms with Gasteiger partial charge in [0.15, 0.2) is 20.8 Å². The summed E-state index contributed by atoms with van der Waals surface area (Å²) in [6.07, 6.45) is -0.244. The van der Waals surface area contributed by atoms with E-state index in [-0.39, 0.29) is 17.3 Å². The summed E-state index contributed by atoms with van der Waals surface area (Å²) in [6.45, 7) is 0. The molecule has 1 aromatic carbocycles. The van der Waals surface area contributed by atoms with E-state index in [1.807, 2.05) is 0 Å². The molecule has 0 amide bonds. The van der Waals surface area contributed by atoms with Crippen LogP contribution in [0.25, 0.3) is 11.4 Å². The number of aromatic nitrogens is 3. The highest BCUT2D eigenvalue weighted by Gasteiger charge is 2.30. The van der Waals surface area contributed by atoms with E-state index in [9.17, 15) is 17.6 Å². The van der Waals surface area contributed by atoms with Crippen LogP contribution < -0.4 is 0 Å². The molecular weight excluding hydrogens is 369 g/mol. The first-order valence-corrected chi connectivity index (χ1v) is 10.3. The maximum Gasteiger partial charge on any atom is 0.316 e. The Balaban J connectivity index is 1.61. The van der Waals surface area contributed by atoms with E-state index in [2.05, 4.69) is 10.2 Å². The highest BCUT2D eigenvalue weighted by Crippen LogP contribution is 2.25. The first kappa shape index (κ1) is 17.9. The summed E-state index contributed by atoms with van der Waals surface area (Å²) in [5.74, 6) is -0.660. The van der Waals surface area contributed by atoms with Crippen molar-refractivity contribution in [2.45, 2.75) is 17.7 Å². The van der Waals surface area contributed by atoms with Crippen molar-refractivity contribution in [1.29, 1.82) is 0 Å². The lowest BCUT2D eigenvalue weighted by Crippen LogP contribution is -2.20. The van der Waals surface area contributed by atoms with E-state index >= 15 is 0 Å². The maximum absolute atomic E-state index is 13.9. The van der Waals surface area contributed by atoms with Crippen LogP contribution in [-0.2, 0) is 26.4 Å². The second-order valence-electron chi connectivity index (χ2n) is 5.65. The predicted molar refractivity (Wildman–Crippen MR) is 90.3 cm³/mol. The van der Waals surface area contributed by atoms with Crippen molar-refractivity contribution in [2.24, 2.45) is 7.05 Å². The van der Waals surface area contributed by atoms with Gasteiger partial charge in [0.05, 0.1) is 22.8 Å². The van der Waals surface area contributed by atoms with E-state index < -0.39 is 27.7 Å². The molecule has 0 unspecified atom stereocenters. The van der Waals surface area contributed by atoms with Gasteiger partial charge in [0.1, 0.15) is 11.9 Å². The molecule has 0 aliphatic carbocycles. The minimum Gasteiger partial charge on any atom is -0.461 e. The van der Waals surface area contributed by atoms with Crippen molar-refractivity contribution in [3.8, 4) is 11.4 Å². The first-order valence-electron chi connectivity index (χ1n) is 7.53. The van der Waals surface area contributed by atoms with Crippen LogP contribution in [0.1, 0.15) is 6.42 Å². The molecule has 0 N–H and O–H groups in total. The number of nitrogens with zero attached hydrogens (tertiary/aromatic N) is 3. The number of ether oxygens (including phenoxy) is 1. The zero-order valence-electron chi connectivity index (χ0n) is 13.4. The summed E-state index contributed by atoms with van der Waals surface area (Å²) in [5.41, 5.74) is 0.322. The summed E-state index contributed by atoms with van der Waals surface area (Å²) in [6, 6.07) is 6.23. The van der Waals surface area contributed by atoms with Crippen LogP contribution in [0.4, 0.5) is 4.39 Å². The molecule has 0 bridgehead atoms. The van der Waals surface area contributed by atoms with E-state index in [4.69, 9.17) is 4.74 Å². The standard InChI is InChI=1S/C15H16FN3O4S2/c1-19-14(11-4-2-3-5-12(11)16)17-18-15(19)24-8-13(20)23-10-6-7-25(21,22)9-10/h2-5,10H,6-9H2,1H3/t10-/m0/s1. The summed E-state index contributed by atoms with van der Waals surface area (Å²) < 4.78 is 43.3. The quantitative estimate of drug-likeness (QED) is 0.568. The van der Waals surface area contributed by atoms with Crippen molar-refractivity contribution in [3.05, 3.63) is 30.1 Å².